The van der Waals surface area contributed by atoms with Crippen LogP contribution in [0.4, 0.5) is 11.4 Å². The summed E-state index contributed by atoms with van der Waals surface area (Å²) >= 11 is 0. The topological polar surface area (TPSA) is 135 Å². The molecule has 0 aromatic heterocycles. The molecule has 0 aliphatic rings. The van der Waals surface area contributed by atoms with Crippen molar-refractivity contribution in [2.24, 2.45) is 0 Å². The Hall–Kier alpha value is -5.06. The largest absolute Gasteiger partial charge is 0.496 e. The van der Waals surface area contributed by atoms with Gasteiger partial charge in [-0.05, 0) is 30.3 Å². The van der Waals surface area contributed by atoms with Crippen LogP contribution in [0.15, 0.2) is 60.7 Å². The molecule has 0 fully saturated rings. The lowest BCUT2D eigenvalue weighted by molar-refractivity contribution is -0.384. The van der Waals surface area contributed by atoms with Gasteiger partial charge in [-0.1, -0.05) is 0 Å². The van der Waals surface area contributed by atoms with Crippen molar-refractivity contribution in [3.05, 3.63) is 81.9 Å². The predicted octanol–water partition coefficient (Wildman–Crippen LogP) is 4.50. The summed E-state index contributed by atoms with van der Waals surface area (Å²) < 4.78 is 26.6. The first-order valence-corrected chi connectivity index (χ1v) is 10.7. The molecule has 0 bridgehead atoms. The smallest absolute Gasteiger partial charge is 0.343 e. The number of anilines is 1. The number of nitrogens with one attached hydrogen (secondary N) is 1. The summed E-state index contributed by atoms with van der Waals surface area (Å²) in [6.07, 6.45) is 2.82. The van der Waals surface area contributed by atoms with E-state index in [4.69, 9.17) is 23.7 Å². The first-order chi connectivity index (χ1) is 17.8. The van der Waals surface area contributed by atoms with Crippen molar-refractivity contribution in [3.8, 4) is 28.7 Å². The van der Waals surface area contributed by atoms with Crippen LogP contribution < -0.4 is 29.0 Å². The number of nitrogens with zero attached hydrogens (tertiary/aromatic N) is 1. The van der Waals surface area contributed by atoms with Crippen LogP contribution in [0, 0.1) is 10.1 Å². The maximum absolute atomic E-state index is 12.6. The Morgan fingerprint density at radius 1 is 0.811 bits per heavy atom. The number of hydrogen-bond acceptors (Lipinski definition) is 9. The Balaban J connectivity index is 1.78. The molecule has 0 unspecified atom stereocenters. The Kier molecular flexibility index (Phi) is 8.66. The Morgan fingerprint density at radius 3 is 1.97 bits per heavy atom. The number of amides is 1. The second-order valence-corrected chi connectivity index (χ2v) is 7.33. The molecule has 37 heavy (non-hydrogen) atoms. The number of rotatable bonds is 10. The zero-order valence-corrected chi connectivity index (χ0v) is 20.5. The van der Waals surface area contributed by atoms with E-state index in [0.717, 1.165) is 0 Å². The van der Waals surface area contributed by atoms with Crippen LogP contribution in [0.1, 0.15) is 15.9 Å². The van der Waals surface area contributed by atoms with Crippen LogP contribution in [0.25, 0.3) is 6.08 Å². The van der Waals surface area contributed by atoms with E-state index >= 15 is 0 Å². The Labute approximate surface area is 212 Å². The Bertz CT molecular complexity index is 1310. The number of carbonyl (C=O) groups is 2. The molecule has 0 aliphatic carbocycles. The van der Waals surface area contributed by atoms with Crippen molar-refractivity contribution >= 4 is 29.3 Å². The molecule has 0 saturated carbocycles. The van der Waals surface area contributed by atoms with Gasteiger partial charge >= 0.3 is 5.97 Å². The Morgan fingerprint density at radius 2 is 1.43 bits per heavy atom. The molecule has 3 rings (SSSR count). The fraction of sp³-hybridized carbons (Fsp3) is 0.154. The van der Waals surface area contributed by atoms with E-state index in [1.165, 1.54) is 77.0 Å². The van der Waals surface area contributed by atoms with Gasteiger partial charge in [-0.25, -0.2) is 4.79 Å². The highest BCUT2D eigenvalue weighted by Gasteiger charge is 2.16. The molecule has 0 aliphatic heterocycles. The van der Waals surface area contributed by atoms with Gasteiger partial charge in [-0.15, -0.1) is 0 Å². The van der Waals surface area contributed by atoms with E-state index in [-0.39, 0.29) is 22.7 Å². The highest BCUT2D eigenvalue weighted by atomic mass is 16.6. The summed E-state index contributed by atoms with van der Waals surface area (Å²) in [4.78, 5) is 35.4. The maximum atomic E-state index is 12.6. The lowest BCUT2D eigenvalue weighted by Gasteiger charge is -2.13. The molecule has 0 radical (unpaired) electrons. The van der Waals surface area contributed by atoms with Gasteiger partial charge in [0.1, 0.15) is 17.2 Å². The standard InChI is InChI=1S/C26H24N2O9/c1-33-19-14-22(35-3)20(23(15-19)36-4)10-12-25(29)27-17-7-11-21(34-2)24(13-17)37-26(30)16-5-8-18(9-6-16)28(31)32/h5-15H,1-4H3,(H,27,29)/b12-10+. The first kappa shape index (κ1) is 26.5. The highest BCUT2D eigenvalue weighted by molar-refractivity contribution is 6.02. The van der Waals surface area contributed by atoms with Gasteiger partial charge in [0.25, 0.3) is 5.69 Å². The number of nitro benzene ring substituents is 1. The molecular weight excluding hydrogens is 484 g/mol. The van der Waals surface area contributed by atoms with Crippen LogP contribution in [0.3, 0.4) is 0 Å². The quantitative estimate of drug-likeness (QED) is 0.138. The van der Waals surface area contributed by atoms with Gasteiger partial charge < -0.3 is 29.0 Å². The number of esters is 1. The average molecular weight is 508 g/mol. The van der Waals surface area contributed by atoms with Gasteiger partial charge in [-0.3, -0.25) is 14.9 Å². The number of ether oxygens (including phenoxy) is 5. The van der Waals surface area contributed by atoms with Crippen molar-refractivity contribution in [3.63, 3.8) is 0 Å². The van der Waals surface area contributed by atoms with Crippen LogP contribution in [0.2, 0.25) is 0 Å². The summed E-state index contributed by atoms with van der Waals surface area (Å²) in [5.74, 6) is 0.496. The van der Waals surface area contributed by atoms with Gasteiger partial charge in [-0.2, -0.15) is 0 Å². The molecular formula is C26H24N2O9. The maximum Gasteiger partial charge on any atom is 0.343 e. The van der Waals surface area contributed by atoms with E-state index in [0.29, 0.717) is 28.5 Å². The molecule has 0 atom stereocenters. The number of carbonyl (C=O) groups excluding carboxylic acids is 2. The third-order valence-electron chi connectivity index (χ3n) is 5.10. The lowest BCUT2D eigenvalue weighted by atomic mass is 10.1. The number of methoxy groups -OCH3 is 4. The lowest BCUT2D eigenvalue weighted by Crippen LogP contribution is -2.11. The second-order valence-electron chi connectivity index (χ2n) is 7.33. The summed E-state index contributed by atoms with van der Waals surface area (Å²) in [5.41, 5.74) is 0.813. The number of non-ortho nitro benzene ring substituents is 1. The van der Waals surface area contributed by atoms with Crippen LogP contribution in [0.5, 0.6) is 28.7 Å². The predicted molar refractivity (Wildman–Crippen MR) is 135 cm³/mol. The van der Waals surface area contributed by atoms with Gasteiger partial charge in [0, 0.05) is 42.1 Å². The van der Waals surface area contributed by atoms with Crippen molar-refractivity contribution in [1.29, 1.82) is 0 Å². The molecule has 1 N–H and O–H groups in total. The molecule has 3 aromatic carbocycles. The fourth-order valence-electron chi connectivity index (χ4n) is 3.25. The average Bonchev–Trinajstić information content (AvgIpc) is 2.91. The minimum Gasteiger partial charge on any atom is -0.496 e. The third-order valence-corrected chi connectivity index (χ3v) is 5.10. The van der Waals surface area contributed by atoms with Crippen LogP contribution in [-0.4, -0.2) is 45.2 Å². The normalized spacial score (nSPS) is 10.5. The molecule has 0 spiro atoms. The van der Waals surface area contributed by atoms with Crippen molar-refractivity contribution in [2.45, 2.75) is 0 Å². The SMILES string of the molecule is COc1cc(OC)c(/C=C/C(=O)Nc2ccc(OC)c(OC(=O)c3ccc([N+](=O)[O-])cc3)c2)c(OC)c1. The zero-order chi connectivity index (χ0) is 26.9. The summed E-state index contributed by atoms with van der Waals surface area (Å²) in [7, 11) is 5.89. The van der Waals surface area contributed by atoms with Gasteiger partial charge in [0.05, 0.1) is 44.5 Å². The van der Waals surface area contributed by atoms with Crippen molar-refractivity contribution in [2.75, 3.05) is 33.8 Å². The molecule has 3 aromatic rings. The first-order valence-electron chi connectivity index (χ1n) is 10.7. The van der Waals surface area contributed by atoms with Crippen molar-refractivity contribution < 1.29 is 38.2 Å². The zero-order valence-electron chi connectivity index (χ0n) is 20.5. The molecule has 11 heteroatoms. The van der Waals surface area contributed by atoms with E-state index in [1.807, 2.05) is 0 Å². The summed E-state index contributed by atoms with van der Waals surface area (Å²) in [6.45, 7) is 0. The molecule has 11 nitrogen and oxygen atoms in total. The van der Waals surface area contributed by atoms with Gasteiger partial charge in [0.15, 0.2) is 11.5 Å². The highest BCUT2D eigenvalue weighted by Crippen LogP contribution is 2.35. The third kappa shape index (κ3) is 6.54. The van der Waals surface area contributed by atoms with E-state index in [9.17, 15) is 19.7 Å². The van der Waals surface area contributed by atoms with E-state index in [2.05, 4.69) is 5.32 Å². The van der Waals surface area contributed by atoms with E-state index in [1.54, 1.807) is 18.2 Å². The number of hydrogen-bond donors (Lipinski definition) is 1. The fourth-order valence-corrected chi connectivity index (χ4v) is 3.25. The minimum atomic E-state index is -0.754. The molecule has 1 amide bonds. The molecule has 0 heterocycles. The number of nitro groups is 1. The van der Waals surface area contributed by atoms with Crippen LogP contribution >= 0.6 is 0 Å². The monoisotopic (exact) mass is 508 g/mol. The summed E-state index contributed by atoms with van der Waals surface area (Å²) in [6, 6.07) is 12.8. The molecule has 0 saturated heterocycles. The minimum absolute atomic E-state index is 0.0473. The van der Waals surface area contributed by atoms with Gasteiger partial charge in [0.2, 0.25) is 5.91 Å². The molecule has 192 valence electrons. The number of benzene rings is 3. The van der Waals surface area contributed by atoms with Crippen molar-refractivity contribution in [1.82, 2.24) is 0 Å². The van der Waals surface area contributed by atoms with Crippen LogP contribution in [-0.2, 0) is 4.79 Å². The second kappa shape index (κ2) is 12.1. The summed E-state index contributed by atoms with van der Waals surface area (Å²) in [5, 5.41) is 13.5. The van der Waals surface area contributed by atoms with E-state index < -0.39 is 16.8 Å².